The Kier molecular flexibility index (Phi) is 5.53. The third-order valence-electron chi connectivity index (χ3n) is 4.13. The first kappa shape index (κ1) is 19.4. The number of aromatic amines is 1. The van der Waals surface area contributed by atoms with Crippen molar-refractivity contribution in [1.29, 1.82) is 0 Å². The second-order valence-electron chi connectivity index (χ2n) is 5.96. The molecule has 0 fully saturated rings. The first-order valence-corrected chi connectivity index (χ1v) is 10.0. The van der Waals surface area contributed by atoms with Gasteiger partial charge in [0.2, 0.25) is 0 Å². The van der Waals surface area contributed by atoms with E-state index in [0.29, 0.717) is 15.9 Å². The number of ether oxygens (including phenoxy) is 1. The number of benzene rings is 1. The van der Waals surface area contributed by atoms with Gasteiger partial charge in [-0.05, 0) is 35.9 Å². The fourth-order valence-corrected chi connectivity index (χ4v) is 4.45. The van der Waals surface area contributed by atoms with Crippen molar-refractivity contribution >= 4 is 46.4 Å². The lowest BCUT2D eigenvalue weighted by Gasteiger charge is -2.05. The van der Waals surface area contributed by atoms with Gasteiger partial charge in [-0.3, -0.25) is 5.32 Å². The number of hydrogen-bond acceptors (Lipinski definition) is 5. The topological polar surface area (TPSA) is 79.9 Å². The minimum absolute atomic E-state index is 0.397. The van der Waals surface area contributed by atoms with Crippen molar-refractivity contribution in [2.24, 2.45) is 0 Å². The first-order chi connectivity index (χ1) is 14.0. The molecule has 1 aromatic carbocycles. The van der Waals surface area contributed by atoms with Crippen LogP contribution in [-0.4, -0.2) is 28.2 Å². The number of carbonyl (C=O) groups is 1. The molecular formula is C20H14Cl2N4O2S. The summed E-state index contributed by atoms with van der Waals surface area (Å²) in [4.78, 5) is 25.1. The molecule has 0 unspecified atom stereocenters. The molecular weight excluding hydrogens is 431 g/mol. The SMILES string of the molecule is COC(=O)Nc1cc(-c2cc(-c3ccc(Cl)cc3Cl)c(-c3ncc[nH]3)s2)ccn1. The number of rotatable bonds is 4. The molecule has 0 atom stereocenters. The van der Waals surface area contributed by atoms with E-state index in [9.17, 15) is 4.79 Å². The highest BCUT2D eigenvalue weighted by atomic mass is 35.5. The van der Waals surface area contributed by atoms with Gasteiger partial charge in [-0.25, -0.2) is 14.8 Å². The number of amides is 1. The number of aromatic nitrogens is 3. The van der Waals surface area contributed by atoms with Gasteiger partial charge >= 0.3 is 6.09 Å². The number of imidazole rings is 1. The van der Waals surface area contributed by atoms with E-state index in [0.717, 1.165) is 32.3 Å². The van der Waals surface area contributed by atoms with E-state index in [1.165, 1.54) is 7.11 Å². The van der Waals surface area contributed by atoms with Crippen molar-refractivity contribution in [2.45, 2.75) is 0 Å². The number of methoxy groups -OCH3 is 1. The van der Waals surface area contributed by atoms with Crippen LogP contribution in [0.2, 0.25) is 10.0 Å². The molecule has 2 N–H and O–H groups in total. The number of H-pyrrole nitrogens is 1. The van der Waals surface area contributed by atoms with Crippen molar-refractivity contribution in [2.75, 3.05) is 12.4 Å². The van der Waals surface area contributed by atoms with Crippen molar-refractivity contribution in [3.05, 3.63) is 65.0 Å². The zero-order valence-corrected chi connectivity index (χ0v) is 17.4. The minimum atomic E-state index is -0.578. The van der Waals surface area contributed by atoms with Crippen LogP contribution < -0.4 is 5.32 Å². The van der Waals surface area contributed by atoms with Gasteiger partial charge in [0.05, 0.1) is 12.0 Å². The number of halogens is 2. The summed E-state index contributed by atoms with van der Waals surface area (Å²) in [6, 6.07) is 11.1. The van der Waals surface area contributed by atoms with Crippen molar-refractivity contribution in [1.82, 2.24) is 15.0 Å². The number of thiophene rings is 1. The Hall–Kier alpha value is -2.87. The van der Waals surface area contributed by atoms with E-state index >= 15 is 0 Å². The van der Waals surface area contributed by atoms with Crippen LogP contribution in [0.5, 0.6) is 0 Å². The Balaban J connectivity index is 1.82. The number of nitrogens with zero attached hydrogens (tertiary/aromatic N) is 2. The van der Waals surface area contributed by atoms with Crippen LogP contribution in [-0.2, 0) is 4.74 Å². The maximum atomic E-state index is 11.5. The predicted octanol–water partition coefficient (Wildman–Crippen LogP) is 6.35. The standard InChI is InChI=1S/C20H14Cl2N4O2S/c1-28-20(27)26-17-8-11(4-5-23-17)16-10-14(13-3-2-12(21)9-15(13)22)18(29-16)19-24-6-7-25-19/h2-10H,1H3,(H,24,25)(H,23,26,27). The normalized spacial score (nSPS) is 10.7. The zero-order chi connectivity index (χ0) is 20.4. The van der Waals surface area contributed by atoms with Gasteiger partial charge < -0.3 is 9.72 Å². The molecule has 3 aromatic heterocycles. The van der Waals surface area contributed by atoms with Gasteiger partial charge in [-0.15, -0.1) is 11.3 Å². The monoisotopic (exact) mass is 444 g/mol. The molecule has 9 heteroatoms. The van der Waals surface area contributed by atoms with Crippen LogP contribution in [0.15, 0.2) is 55.0 Å². The van der Waals surface area contributed by atoms with Gasteiger partial charge in [0.1, 0.15) is 11.6 Å². The Labute approximate surface area is 180 Å². The predicted molar refractivity (Wildman–Crippen MR) is 117 cm³/mol. The zero-order valence-electron chi connectivity index (χ0n) is 15.1. The number of anilines is 1. The van der Waals surface area contributed by atoms with Crippen molar-refractivity contribution < 1.29 is 9.53 Å². The minimum Gasteiger partial charge on any atom is -0.453 e. The molecule has 0 aliphatic carbocycles. The summed E-state index contributed by atoms with van der Waals surface area (Å²) in [7, 11) is 1.30. The summed E-state index contributed by atoms with van der Waals surface area (Å²) in [5.41, 5.74) is 2.67. The molecule has 0 bridgehead atoms. The molecule has 3 heterocycles. The highest BCUT2D eigenvalue weighted by molar-refractivity contribution is 7.19. The molecule has 0 saturated heterocycles. The Morgan fingerprint density at radius 2 is 1.97 bits per heavy atom. The lowest BCUT2D eigenvalue weighted by atomic mass is 10.0. The summed E-state index contributed by atoms with van der Waals surface area (Å²) in [5.74, 6) is 1.14. The molecule has 0 radical (unpaired) electrons. The third-order valence-corrected chi connectivity index (χ3v) is 5.87. The fraction of sp³-hybridized carbons (Fsp3) is 0.0500. The Bertz CT molecular complexity index is 1180. The highest BCUT2D eigenvalue weighted by Gasteiger charge is 2.18. The molecule has 4 rings (SSSR count). The second-order valence-corrected chi connectivity index (χ2v) is 7.86. The van der Waals surface area contributed by atoms with Gasteiger partial charge in [0, 0.05) is 44.6 Å². The highest BCUT2D eigenvalue weighted by Crippen LogP contribution is 2.44. The van der Waals surface area contributed by atoms with Crippen molar-refractivity contribution in [3.8, 4) is 32.3 Å². The Morgan fingerprint density at radius 3 is 2.69 bits per heavy atom. The molecule has 0 spiro atoms. The van der Waals surface area contributed by atoms with Gasteiger partial charge in [0.25, 0.3) is 0 Å². The van der Waals surface area contributed by atoms with E-state index in [-0.39, 0.29) is 0 Å². The molecule has 0 saturated carbocycles. The van der Waals surface area contributed by atoms with E-state index in [1.807, 2.05) is 18.2 Å². The number of carbonyl (C=O) groups excluding carboxylic acids is 1. The van der Waals surface area contributed by atoms with Crippen LogP contribution in [0.1, 0.15) is 0 Å². The second kappa shape index (κ2) is 8.24. The van der Waals surface area contributed by atoms with Crippen molar-refractivity contribution in [3.63, 3.8) is 0 Å². The smallest absolute Gasteiger partial charge is 0.412 e. The molecule has 1 amide bonds. The van der Waals surface area contributed by atoms with Crippen LogP contribution in [0.25, 0.3) is 32.3 Å². The number of hydrogen-bond donors (Lipinski definition) is 2. The quantitative estimate of drug-likeness (QED) is 0.384. The fourth-order valence-electron chi connectivity index (χ4n) is 2.81. The molecule has 0 aliphatic heterocycles. The van der Waals surface area contributed by atoms with E-state index in [4.69, 9.17) is 23.2 Å². The summed E-state index contributed by atoms with van der Waals surface area (Å²) in [6.07, 6.45) is 4.52. The molecule has 6 nitrogen and oxygen atoms in total. The summed E-state index contributed by atoms with van der Waals surface area (Å²) in [5, 5.41) is 3.70. The number of pyridine rings is 1. The average Bonchev–Trinajstić information content (AvgIpc) is 3.38. The molecule has 0 aliphatic rings. The van der Waals surface area contributed by atoms with Gasteiger partial charge in [-0.1, -0.05) is 29.3 Å². The van der Waals surface area contributed by atoms with Crippen LogP contribution in [0.3, 0.4) is 0 Å². The average molecular weight is 445 g/mol. The lowest BCUT2D eigenvalue weighted by molar-refractivity contribution is 0.187. The lowest BCUT2D eigenvalue weighted by Crippen LogP contribution is -2.11. The largest absolute Gasteiger partial charge is 0.453 e. The maximum Gasteiger partial charge on any atom is 0.412 e. The van der Waals surface area contributed by atoms with Crippen LogP contribution in [0, 0.1) is 0 Å². The molecule has 146 valence electrons. The third kappa shape index (κ3) is 4.12. The number of nitrogens with one attached hydrogen (secondary N) is 2. The van der Waals surface area contributed by atoms with E-state index in [2.05, 4.69) is 25.0 Å². The Morgan fingerprint density at radius 1 is 1.10 bits per heavy atom. The van der Waals surface area contributed by atoms with E-state index in [1.54, 1.807) is 48.1 Å². The van der Waals surface area contributed by atoms with E-state index < -0.39 is 6.09 Å². The summed E-state index contributed by atoms with van der Waals surface area (Å²) >= 11 is 14.1. The first-order valence-electron chi connectivity index (χ1n) is 8.45. The van der Waals surface area contributed by atoms with Gasteiger partial charge in [0.15, 0.2) is 0 Å². The maximum absolute atomic E-state index is 11.5. The molecule has 4 aromatic rings. The van der Waals surface area contributed by atoms with Gasteiger partial charge in [-0.2, -0.15) is 0 Å². The van der Waals surface area contributed by atoms with Crippen LogP contribution >= 0.6 is 34.5 Å². The van der Waals surface area contributed by atoms with Crippen LogP contribution in [0.4, 0.5) is 10.6 Å². The molecule has 29 heavy (non-hydrogen) atoms. The summed E-state index contributed by atoms with van der Waals surface area (Å²) in [6.45, 7) is 0. The summed E-state index contributed by atoms with van der Waals surface area (Å²) < 4.78 is 4.63.